The fourth-order valence-corrected chi connectivity index (χ4v) is 6.11. The van der Waals surface area contributed by atoms with Gasteiger partial charge in [0.25, 0.3) is 0 Å². The predicted octanol–water partition coefficient (Wildman–Crippen LogP) is 4.83. The molecular formula is C31H34N4O3. The molecule has 1 fully saturated rings. The number of nitriles is 1. The molecule has 0 unspecified atom stereocenters. The maximum Gasteiger partial charge on any atom is 0.238 e. The Morgan fingerprint density at radius 2 is 1.71 bits per heavy atom. The van der Waals surface area contributed by atoms with Gasteiger partial charge in [0.15, 0.2) is 0 Å². The largest absolute Gasteiger partial charge is 0.508 e. The van der Waals surface area contributed by atoms with Crippen molar-refractivity contribution in [3.8, 4) is 28.7 Å². The summed E-state index contributed by atoms with van der Waals surface area (Å²) in [4.78, 5) is 18.0. The number of nitrogens with one attached hydrogen (secondary N) is 1. The molecule has 0 atom stereocenters. The van der Waals surface area contributed by atoms with Crippen LogP contribution in [0.2, 0.25) is 0 Å². The average Bonchev–Trinajstić information content (AvgIpc) is 2.90. The third kappa shape index (κ3) is 5.10. The molecule has 2 aliphatic rings. The molecule has 1 amide bonds. The molecule has 2 heterocycles. The summed E-state index contributed by atoms with van der Waals surface area (Å²) >= 11 is 0. The van der Waals surface area contributed by atoms with E-state index in [0.717, 1.165) is 50.0 Å². The third-order valence-electron chi connectivity index (χ3n) is 8.06. The highest BCUT2D eigenvalue weighted by Gasteiger charge is 2.45. The molecule has 3 aromatic rings. The van der Waals surface area contributed by atoms with Gasteiger partial charge in [-0.2, -0.15) is 5.26 Å². The predicted molar refractivity (Wildman–Crippen MR) is 148 cm³/mol. The summed E-state index contributed by atoms with van der Waals surface area (Å²) in [6.07, 6.45) is 2.69. The molecule has 1 spiro atoms. The molecule has 0 aromatic heterocycles. The number of piperidine rings is 1. The van der Waals surface area contributed by atoms with Crippen molar-refractivity contribution in [2.75, 3.05) is 31.5 Å². The van der Waals surface area contributed by atoms with Crippen LogP contribution in [0.1, 0.15) is 43.4 Å². The van der Waals surface area contributed by atoms with Crippen molar-refractivity contribution in [3.63, 3.8) is 0 Å². The van der Waals surface area contributed by atoms with E-state index in [1.165, 1.54) is 29.3 Å². The first-order chi connectivity index (χ1) is 18.3. The number of anilines is 1. The van der Waals surface area contributed by atoms with Gasteiger partial charge in [-0.25, -0.2) is 0 Å². The van der Waals surface area contributed by atoms with Gasteiger partial charge in [0, 0.05) is 55.1 Å². The number of nitrogens with zero attached hydrogens (tertiary/aromatic N) is 3. The highest BCUT2D eigenvalue weighted by Crippen LogP contribution is 2.44. The SMILES string of the molecule is CC(C)N1CCC2(CC1)c1ccc(-c3cccc(C#N)c3)cc1CCN2CC(=O)Nc1cc(O)cc(O)c1. The Morgan fingerprint density at radius 1 is 1.00 bits per heavy atom. The molecule has 0 radical (unpaired) electrons. The molecule has 0 saturated carbocycles. The average molecular weight is 511 g/mol. The standard InChI is InChI=1S/C31H34N4O3/c1-21(2)34-12-9-31(10-13-34)29-7-6-24(23-5-3-4-22(14-23)19-32)15-25(29)8-11-35(31)20-30(38)33-26-16-27(36)18-28(37)17-26/h3-7,14-18,21,36-37H,8-13,20H2,1-2H3,(H,33,38). The van der Waals surface area contributed by atoms with E-state index in [1.807, 2.05) is 24.3 Å². The van der Waals surface area contributed by atoms with Crippen molar-refractivity contribution >= 4 is 11.6 Å². The zero-order valence-electron chi connectivity index (χ0n) is 21.9. The molecule has 1 saturated heterocycles. The molecule has 7 nitrogen and oxygen atoms in total. The van der Waals surface area contributed by atoms with Crippen molar-refractivity contribution in [1.29, 1.82) is 5.26 Å². The van der Waals surface area contributed by atoms with Gasteiger partial charge in [0.2, 0.25) is 5.91 Å². The van der Waals surface area contributed by atoms with Crippen LogP contribution in [0, 0.1) is 11.3 Å². The molecule has 0 aliphatic carbocycles. The maximum absolute atomic E-state index is 13.2. The third-order valence-corrected chi connectivity index (χ3v) is 8.06. The smallest absolute Gasteiger partial charge is 0.238 e. The Morgan fingerprint density at radius 3 is 2.39 bits per heavy atom. The van der Waals surface area contributed by atoms with Gasteiger partial charge < -0.3 is 20.4 Å². The molecule has 5 rings (SSSR count). The first-order valence-electron chi connectivity index (χ1n) is 13.2. The van der Waals surface area contributed by atoms with Gasteiger partial charge in [-0.3, -0.25) is 9.69 Å². The molecule has 2 aliphatic heterocycles. The zero-order chi connectivity index (χ0) is 26.9. The zero-order valence-corrected chi connectivity index (χ0v) is 21.9. The number of hydrogen-bond acceptors (Lipinski definition) is 6. The number of aromatic hydroxyl groups is 2. The number of fused-ring (bicyclic) bond motifs is 2. The van der Waals surface area contributed by atoms with Gasteiger partial charge in [-0.05, 0) is 67.5 Å². The van der Waals surface area contributed by atoms with Crippen molar-refractivity contribution in [2.24, 2.45) is 0 Å². The van der Waals surface area contributed by atoms with Crippen LogP contribution in [0.4, 0.5) is 5.69 Å². The Kier molecular flexibility index (Phi) is 7.11. The highest BCUT2D eigenvalue weighted by atomic mass is 16.3. The van der Waals surface area contributed by atoms with Crippen molar-refractivity contribution in [2.45, 2.75) is 44.7 Å². The lowest BCUT2D eigenvalue weighted by Gasteiger charge is -2.53. The molecule has 196 valence electrons. The van der Waals surface area contributed by atoms with Crippen LogP contribution in [0.5, 0.6) is 11.5 Å². The number of phenols is 2. The number of carbonyl (C=O) groups excluding carboxylic acids is 1. The lowest BCUT2D eigenvalue weighted by Crippen LogP contribution is -2.58. The van der Waals surface area contributed by atoms with Gasteiger partial charge >= 0.3 is 0 Å². The van der Waals surface area contributed by atoms with Gasteiger partial charge in [-0.1, -0.05) is 30.3 Å². The second-order valence-corrected chi connectivity index (χ2v) is 10.7. The fraction of sp³-hybridized carbons (Fsp3) is 0.355. The normalized spacial score (nSPS) is 17.2. The Bertz CT molecular complexity index is 1370. The summed E-state index contributed by atoms with van der Waals surface area (Å²) in [5.74, 6) is -0.365. The summed E-state index contributed by atoms with van der Waals surface area (Å²) in [5.41, 5.74) is 5.50. The van der Waals surface area contributed by atoms with Crippen LogP contribution in [-0.4, -0.2) is 58.1 Å². The summed E-state index contributed by atoms with van der Waals surface area (Å²) in [6, 6.07) is 21.1. The summed E-state index contributed by atoms with van der Waals surface area (Å²) < 4.78 is 0. The van der Waals surface area contributed by atoms with Crippen LogP contribution in [0.3, 0.4) is 0 Å². The number of phenolic OH excluding ortho intramolecular Hbond substituents is 2. The monoisotopic (exact) mass is 510 g/mol. The lowest BCUT2D eigenvalue weighted by molar-refractivity contribution is -0.120. The Labute approximate surface area is 223 Å². The van der Waals surface area contributed by atoms with Gasteiger partial charge in [0.1, 0.15) is 11.5 Å². The number of likely N-dealkylation sites (tertiary alicyclic amines) is 1. The lowest BCUT2D eigenvalue weighted by atomic mass is 9.73. The van der Waals surface area contributed by atoms with E-state index in [1.54, 1.807) is 0 Å². The molecular weight excluding hydrogens is 476 g/mol. The van der Waals surface area contributed by atoms with E-state index in [-0.39, 0.29) is 29.5 Å². The van der Waals surface area contributed by atoms with E-state index >= 15 is 0 Å². The van der Waals surface area contributed by atoms with E-state index < -0.39 is 0 Å². The van der Waals surface area contributed by atoms with Crippen molar-refractivity contribution < 1.29 is 15.0 Å². The second kappa shape index (κ2) is 10.5. The topological polar surface area (TPSA) is 99.8 Å². The van der Waals surface area contributed by atoms with Gasteiger partial charge in [0.05, 0.1) is 18.2 Å². The highest BCUT2D eigenvalue weighted by molar-refractivity contribution is 5.92. The molecule has 0 bridgehead atoms. The number of benzene rings is 3. The van der Waals surface area contributed by atoms with E-state index in [9.17, 15) is 20.3 Å². The minimum Gasteiger partial charge on any atom is -0.508 e. The minimum atomic E-state index is -0.246. The van der Waals surface area contributed by atoms with E-state index in [0.29, 0.717) is 17.3 Å². The molecule has 38 heavy (non-hydrogen) atoms. The first-order valence-corrected chi connectivity index (χ1v) is 13.2. The molecule has 3 aromatic carbocycles. The number of hydrogen-bond donors (Lipinski definition) is 3. The van der Waals surface area contributed by atoms with Gasteiger partial charge in [-0.15, -0.1) is 0 Å². The number of carbonyl (C=O) groups is 1. The van der Waals surface area contributed by atoms with E-state index in [2.05, 4.69) is 53.2 Å². The number of amides is 1. The number of rotatable bonds is 5. The minimum absolute atomic E-state index is 0.0964. The second-order valence-electron chi connectivity index (χ2n) is 10.7. The molecule has 7 heteroatoms. The maximum atomic E-state index is 13.2. The van der Waals surface area contributed by atoms with Crippen molar-refractivity contribution in [3.05, 3.63) is 77.4 Å². The summed E-state index contributed by atoms with van der Waals surface area (Å²) in [5, 5.41) is 31.8. The van der Waals surface area contributed by atoms with E-state index in [4.69, 9.17) is 0 Å². The fourth-order valence-electron chi connectivity index (χ4n) is 6.11. The summed E-state index contributed by atoms with van der Waals surface area (Å²) in [6.45, 7) is 7.36. The van der Waals surface area contributed by atoms with Crippen LogP contribution < -0.4 is 5.32 Å². The quantitative estimate of drug-likeness (QED) is 0.455. The van der Waals surface area contributed by atoms with Crippen LogP contribution in [0.15, 0.2) is 60.7 Å². The summed E-state index contributed by atoms with van der Waals surface area (Å²) in [7, 11) is 0. The first kappa shape index (κ1) is 25.8. The Balaban J connectivity index is 1.45. The Hall–Kier alpha value is -3.86. The van der Waals surface area contributed by atoms with Crippen LogP contribution >= 0.6 is 0 Å². The van der Waals surface area contributed by atoms with Crippen LogP contribution in [-0.2, 0) is 16.8 Å². The van der Waals surface area contributed by atoms with Crippen LogP contribution in [0.25, 0.3) is 11.1 Å². The molecule has 3 N–H and O–H groups in total. The van der Waals surface area contributed by atoms with Crippen molar-refractivity contribution in [1.82, 2.24) is 9.80 Å².